The molecule has 18 heavy (non-hydrogen) atoms. The molecule has 0 fully saturated rings. The second kappa shape index (κ2) is 5.32. The Morgan fingerprint density at radius 2 is 2.44 bits per heavy atom. The molecule has 0 aromatic heterocycles. The predicted octanol–water partition coefficient (Wildman–Crippen LogP) is 3.56. The van der Waals surface area contributed by atoms with Crippen molar-refractivity contribution in [2.45, 2.75) is 31.6 Å². The average Bonchev–Trinajstić information content (AvgIpc) is 2.71. The summed E-state index contributed by atoms with van der Waals surface area (Å²) in [6, 6.07) is 2.49. The second-order valence-corrected chi connectivity index (χ2v) is 6.30. The van der Waals surface area contributed by atoms with E-state index >= 15 is 0 Å². The third kappa shape index (κ3) is 2.13. The lowest BCUT2D eigenvalue weighted by Crippen LogP contribution is -2.22. The summed E-state index contributed by atoms with van der Waals surface area (Å²) in [5, 5.41) is 4.48. The molecule has 2 nitrogen and oxygen atoms in total. The van der Waals surface area contributed by atoms with E-state index in [0.29, 0.717) is 6.04 Å². The van der Waals surface area contributed by atoms with Gasteiger partial charge in [0.2, 0.25) is 0 Å². The Kier molecular flexibility index (Phi) is 3.73. The van der Waals surface area contributed by atoms with Gasteiger partial charge in [-0.05, 0) is 35.9 Å². The monoisotopic (exact) mass is 283 g/mol. The molecule has 1 N–H and O–H groups in total. The molecular formula is C14H18ClNOS. The fourth-order valence-corrected chi connectivity index (χ4v) is 4.29. The fourth-order valence-electron chi connectivity index (χ4n) is 2.88. The molecule has 0 radical (unpaired) electrons. The molecule has 0 spiro atoms. The molecule has 0 amide bonds. The molecule has 2 aliphatic rings. The number of hydrogen-bond donors (Lipinski definition) is 1. The quantitative estimate of drug-likeness (QED) is 0.897. The number of benzene rings is 1. The Balaban J connectivity index is 2.11. The predicted molar refractivity (Wildman–Crippen MR) is 77.8 cm³/mol. The number of thioether (sulfide) groups is 1. The SMILES string of the molecule is CCNC1CCSCc2c3c(cc(Cl)c21)CCO3. The van der Waals surface area contributed by atoms with Crippen LogP contribution < -0.4 is 10.1 Å². The van der Waals surface area contributed by atoms with Gasteiger partial charge in [0.1, 0.15) is 5.75 Å². The maximum atomic E-state index is 6.52. The first kappa shape index (κ1) is 12.6. The van der Waals surface area contributed by atoms with Gasteiger partial charge < -0.3 is 10.1 Å². The zero-order chi connectivity index (χ0) is 12.5. The van der Waals surface area contributed by atoms with Gasteiger partial charge in [-0.25, -0.2) is 0 Å². The van der Waals surface area contributed by atoms with Crippen LogP contribution in [0.1, 0.15) is 36.1 Å². The zero-order valence-electron chi connectivity index (χ0n) is 10.6. The third-order valence-electron chi connectivity index (χ3n) is 3.66. The number of fused-ring (bicyclic) bond motifs is 3. The Morgan fingerprint density at radius 3 is 3.28 bits per heavy atom. The van der Waals surface area contributed by atoms with Crippen LogP contribution in [0.2, 0.25) is 5.02 Å². The summed E-state index contributed by atoms with van der Waals surface area (Å²) in [6.07, 6.45) is 2.14. The lowest BCUT2D eigenvalue weighted by Gasteiger charge is -2.21. The highest BCUT2D eigenvalue weighted by atomic mass is 35.5. The first-order chi connectivity index (χ1) is 8.81. The van der Waals surface area contributed by atoms with E-state index in [0.717, 1.165) is 42.5 Å². The van der Waals surface area contributed by atoms with Crippen LogP contribution >= 0.6 is 23.4 Å². The number of halogens is 1. The van der Waals surface area contributed by atoms with E-state index in [1.54, 1.807) is 0 Å². The molecule has 0 bridgehead atoms. The van der Waals surface area contributed by atoms with E-state index in [9.17, 15) is 0 Å². The van der Waals surface area contributed by atoms with Crippen molar-refractivity contribution in [2.75, 3.05) is 18.9 Å². The van der Waals surface area contributed by atoms with Crippen molar-refractivity contribution in [3.8, 4) is 5.75 Å². The molecule has 1 unspecified atom stereocenters. The molecular weight excluding hydrogens is 266 g/mol. The molecule has 3 rings (SSSR count). The van der Waals surface area contributed by atoms with Gasteiger partial charge in [-0.3, -0.25) is 0 Å². The summed E-state index contributed by atoms with van der Waals surface area (Å²) in [7, 11) is 0. The molecule has 0 saturated carbocycles. The second-order valence-electron chi connectivity index (χ2n) is 4.79. The van der Waals surface area contributed by atoms with Gasteiger partial charge in [-0.1, -0.05) is 18.5 Å². The van der Waals surface area contributed by atoms with Crippen molar-refractivity contribution < 1.29 is 4.74 Å². The van der Waals surface area contributed by atoms with Crippen LogP contribution in [0, 0.1) is 0 Å². The van der Waals surface area contributed by atoms with Gasteiger partial charge in [0, 0.05) is 28.8 Å². The minimum atomic E-state index is 0.377. The van der Waals surface area contributed by atoms with Crippen molar-refractivity contribution in [3.05, 3.63) is 27.8 Å². The molecule has 1 atom stereocenters. The summed E-state index contributed by atoms with van der Waals surface area (Å²) in [6.45, 7) is 3.93. The first-order valence-corrected chi connectivity index (χ1v) is 8.12. The summed E-state index contributed by atoms with van der Waals surface area (Å²) < 4.78 is 5.83. The standard InChI is InChI=1S/C14H18ClNOS/c1-2-16-12-4-6-18-8-10-13(12)11(15)7-9-3-5-17-14(9)10/h7,12,16H,2-6,8H2,1H3. The lowest BCUT2D eigenvalue weighted by molar-refractivity contribution is 0.353. The lowest BCUT2D eigenvalue weighted by atomic mass is 9.95. The van der Waals surface area contributed by atoms with Crippen LogP contribution in [0.4, 0.5) is 0 Å². The summed E-state index contributed by atoms with van der Waals surface area (Å²) >= 11 is 8.51. The summed E-state index contributed by atoms with van der Waals surface area (Å²) in [5.41, 5.74) is 3.91. The van der Waals surface area contributed by atoms with E-state index < -0.39 is 0 Å². The molecule has 0 aliphatic carbocycles. The van der Waals surface area contributed by atoms with Crippen LogP contribution in [0.5, 0.6) is 5.75 Å². The molecule has 2 heterocycles. The Morgan fingerprint density at radius 1 is 1.56 bits per heavy atom. The van der Waals surface area contributed by atoms with E-state index in [-0.39, 0.29) is 0 Å². The maximum absolute atomic E-state index is 6.52. The smallest absolute Gasteiger partial charge is 0.127 e. The number of ether oxygens (including phenoxy) is 1. The van der Waals surface area contributed by atoms with E-state index in [4.69, 9.17) is 16.3 Å². The first-order valence-electron chi connectivity index (χ1n) is 6.59. The number of hydrogen-bond acceptors (Lipinski definition) is 3. The Bertz CT molecular complexity index is 464. The van der Waals surface area contributed by atoms with Crippen LogP contribution in [-0.2, 0) is 12.2 Å². The van der Waals surface area contributed by atoms with Crippen LogP contribution in [0.3, 0.4) is 0 Å². The van der Waals surface area contributed by atoms with Gasteiger partial charge in [0.05, 0.1) is 6.61 Å². The molecule has 1 aromatic carbocycles. The fraction of sp³-hybridized carbons (Fsp3) is 0.571. The molecule has 2 aliphatic heterocycles. The van der Waals surface area contributed by atoms with Gasteiger partial charge in [-0.2, -0.15) is 11.8 Å². The van der Waals surface area contributed by atoms with Crippen molar-refractivity contribution >= 4 is 23.4 Å². The van der Waals surface area contributed by atoms with E-state index in [1.807, 2.05) is 11.8 Å². The number of rotatable bonds is 2. The largest absolute Gasteiger partial charge is 0.493 e. The van der Waals surface area contributed by atoms with Crippen LogP contribution in [0.15, 0.2) is 6.07 Å². The average molecular weight is 284 g/mol. The van der Waals surface area contributed by atoms with Crippen LogP contribution in [-0.4, -0.2) is 18.9 Å². The van der Waals surface area contributed by atoms with Gasteiger partial charge >= 0.3 is 0 Å². The van der Waals surface area contributed by atoms with Gasteiger partial charge in [-0.15, -0.1) is 0 Å². The molecule has 1 aromatic rings. The van der Waals surface area contributed by atoms with Gasteiger partial charge in [0.25, 0.3) is 0 Å². The molecule has 0 saturated heterocycles. The Labute approximate surface area is 117 Å². The normalized spacial score (nSPS) is 22.0. The minimum absolute atomic E-state index is 0.377. The van der Waals surface area contributed by atoms with Crippen molar-refractivity contribution in [3.63, 3.8) is 0 Å². The zero-order valence-corrected chi connectivity index (χ0v) is 12.2. The number of nitrogens with one attached hydrogen (secondary N) is 1. The highest BCUT2D eigenvalue weighted by Crippen LogP contribution is 2.43. The molecule has 4 heteroatoms. The minimum Gasteiger partial charge on any atom is -0.493 e. The van der Waals surface area contributed by atoms with Crippen molar-refractivity contribution in [1.82, 2.24) is 5.32 Å². The van der Waals surface area contributed by atoms with Crippen molar-refractivity contribution in [1.29, 1.82) is 0 Å². The molecule has 98 valence electrons. The van der Waals surface area contributed by atoms with Crippen molar-refractivity contribution in [2.24, 2.45) is 0 Å². The van der Waals surface area contributed by atoms with Gasteiger partial charge in [0.15, 0.2) is 0 Å². The highest BCUT2D eigenvalue weighted by molar-refractivity contribution is 7.98. The summed E-state index contributed by atoms with van der Waals surface area (Å²) in [4.78, 5) is 0. The Hall–Kier alpha value is -0.380. The van der Waals surface area contributed by atoms with Crippen LogP contribution in [0.25, 0.3) is 0 Å². The summed E-state index contributed by atoms with van der Waals surface area (Å²) in [5.74, 6) is 3.32. The van der Waals surface area contributed by atoms with E-state index in [2.05, 4.69) is 18.3 Å². The topological polar surface area (TPSA) is 21.3 Å². The highest BCUT2D eigenvalue weighted by Gasteiger charge is 2.28. The third-order valence-corrected chi connectivity index (χ3v) is 4.99. The maximum Gasteiger partial charge on any atom is 0.127 e. The van der Waals surface area contributed by atoms with E-state index in [1.165, 1.54) is 22.4 Å².